The number of amides is 2. The van der Waals surface area contributed by atoms with E-state index < -0.39 is 0 Å². The van der Waals surface area contributed by atoms with Gasteiger partial charge >= 0.3 is 6.03 Å². The molecule has 0 spiro atoms. The van der Waals surface area contributed by atoms with Crippen molar-refractivity contribution in [1.82, 2.24) is 10.6 Å². The van der Waals surface area contributed by atoms with Crippen LogP contribution in [0.15, 0.2) is 24.3 Å². The van der Waals surface area contributed by atoms with Crippen molar-refractivity contribution in [3.05, 3.63) is 35.4 Å². The van der Waals surface area contributed by atoms with E-state index in [-0.39, 0.29) is 12.1 Å². The molecule has 21 heavy (non-hydrogen) atoms. The third-order valence-electron chi connectivity index (χ3n) is 4.24. The molecule has 3 unspecified atom stereocenters. The van der Waals surface area contributed by atoms with E-state index in [1.165, 1.54) is 11.1 Å². The lowest BCUT2D eigenvalue weighted by Crippen LogP contribution is -2.39. The predicted octanol–water partition coefficient (Wildman–Crippen LogP) is 2.56. The lowest BCUT2D eigenvalue weighted by Gasteiger charge is -2.15. The van der Waals surface area contributed by atoms with E-state index in [1.807, 2.05) is 6.07 Å². The lowest BCUT2D eigenvalue weighted by molar-refractivity contribution is 0.177. The van der Waals surface area contributed by atoms with E-state index in [9.17, 15) is 9.90 Å². The van der Waals surface area contributed by atoms with Gasteiger partial charge in [-0.2, -0.15) is 0 Å². The van der Waals surface area contributed by atoms with Gasteiger partial charge in [-0.1, -0.05) is 36.8 Å². The third kappa shape index (κ3) is 5.05. The van der Waals surface area contributed by atoms with Crippen molar-refractivity contribution < 1.29 is 9.90 Å². The summed E-state index contributed by atoms with van der Waals surface area (Å²) in [4.78, 5) is 11.8. The fourth-order valence-corrected chi connectivity index (χ4v) is 2.87. The van der Waals surface area contributed by atoms with Crippen LogP contribution in [0.4, 0.5) is 4.79 Å². The van der Waals surface area contributed by atoms with Crippen LogP contribution >= 0.6 is 0 Å². The summed E-state index contributed by atoms with van der Waals surface area (Å²) in [5, 5.41) is 15.3. The molecule has 1 aromatic carbocycles. The molecule has 0 saturated heterocycles. The SMILES string of the molecule is Cc1cccc(C(C)CNC(=O)NCC2CCC(O)C2)c1. The van der Waals surface area contributed by atoms with Crippen molar-refractivity contribution in [3.8, 4) is 0 Å². The number of rotatable bonds is 5. The molecule has 1 aliphatic carbocycles. The molecule has 0 heterocycles. The zero-order valence-corrected chi connectivity index (χ0v) is 12.9. The van der Waals surface area contributed by atoms with Gasteiger partial charge < -0.3 is 15.7 Å². The Morgan fingerprint density at radius 2 is 2.19 bits per heavy atom. The Morgan fingerprint density at radius 1 is 1.38 bits per heavy atom. The Morgan fingerprint density at radius 3 is 2.86 bits per heavy atom. The maximum Gasteiger partial charge on any atom is 0.314 e. The number of aliphatic hydroxyl groups excluding tert-OH is 1. The first-order valence-electron chi connectivity index (χ1n) is 7.81. The number of hydrogen-bond donors (Lipinski definition) is 3. The minimum atomic E-state index is -0.179. The van der Waals surface area contributed by atoms with Crippen molar-refractivity contribution in [1.29, 1.82) is 0 Å². The van der Waals surface area contributed by atoms with Gasteiger partial charge in [0.2, 0.25) is 0 Å². The quantitative estimate of drug-likeness (QED) is 0.780. The molecular formula is C17H26N2O2. The number of hydrogen-bond acceptors (Lipinski definition) is 2. The largest absolute Gasteiger partial charge is 0.393 e. The maximum absolute atomic E-state index is 11.8. The number of aliphatic hydroxyl groups is 1. The summed E-state index contributed by atoms with van der Waals surface area (Å²) in [6.45, 7) is 5.47. The van der Waals surface area contributed by atoms with Gasteiger partial charge in [0, 0.05) is 13.1 Å². The molecule has 0 radical (unpaired) electrons. The summed E-state index contributed by atoms with van der Waals surface area (Å²) in [7, 11) is 0. The van der Waals surface area contributed by atoms with Crippen LogP contribution in [0.5, 0.6) is 0 Å². The van der Waals surface area contributed by atoms with Crippen LogP contribution in [0.1, 0.15) is 43.2 Å². The summed E-state index contributed by atoms with van der Waals surface area (Å²) in [6, 6.07) is 8.26. The van der Waals surface area contributed by atoms with Crippen molar-refractivity contribution in [2.24, 2.45) is 5.92 Å². The highest BCUT2D eigenvalue weighted by atomic mass is 16.3. The average Bonchev–Trinajstić information content (AvgIpc) is 2.88. The predicted molar refractivity (Wildman–Crippen MR) is 84.3 cm³/mol. The summed E-state index contributed by atoms with van der Waals surface area (Å²) in [6.07, 6.45) is 2.49. The second-order valence-electron chi connectivity index (χ2n) is 6.24. The molecule has 4 heteroatoms. The van der Waals surface area contributed by atoms with Crippen LogP contribution < -0.4 is 10.6 Å². The maximum atomic E-state index is 11.8. The lowest BCUT2D eigenvalue weighted by atomic mass is 9.99. The molecule has 2 amide bonds. The number of benzene rings is 1. The van der Waals surface area contributed by atoms with Crippen LogP contribution in [0.3, 0.4) is 0 Å². The fourth-order valence-electron chi connectivity index (χ4n) is 2.87. The summed E-state index contributed by atoms with van der Waals surface area (Å²) in [5.41, 5.74) is 2.48. The van der Waals surface area contributed by atoms with E-state index in [0.717, 1.165) is 19.3 Å². The minimum Gasteiger partial charge on any atom is -0.393 e. The summed E-state index contributed by atoms with van der Waals surface area (Å²) in [5.74, 6) is 0.712. The molecule has 1 aromatic rings. The number of urea groups is 1. The second kappa shape index (κ2) is 7.46. The van der Waals surface area contributed by atoms with Crippen molar-refractivity contribution in [3.63, 3.8) is 0 Å². The molecule has 0 aromatic heterocycles. The highest BCUT2D eigenvalue weighted by Crippen LogP contribution is 2.24. The topological polar surface area (TPSA) is 61.4 Å². The van der Waals surface area contributed by atoms with Crippen molar-refractivity contribution in [2.45, 2.75) is 45.1 Å². The molecule has 0 bridgehead atoms. The molecule has 2 rings (SSSR count). The highest BCUT2D eigenvalue weighted by molar-refractivity contribution is 5.73. The monoisotopic (exact) mass is 290 g/mol. The molecule has 4 nitrogen and oxygen atoms in total. The van der Waals surface area contributed by atoms with E-state index in [4.69, 9.17) is 0 Å². The smallest absolute Gasteiger partial charge is 0.314 e. The van der Waals surface area contributed by atoms with E-state index in [2.05, 4.69) is 42.7 Å². The second-order valence-corrected chi connectivity index (χ2v) is 6.24. The van der Waals surface area contributed by atoms with E-state index in [0.29, 0.717) is 24.9 Å². The first kappa shape index (κ1) is 15.8. The van der Waals surface area contributed by atoms with Gasteiger partial charge in [-0.25, -0.2) is 4.79 Å². The molecule has 3 atom stereocenters. The summed E-state index contributed by atoms with van der Waals surface area (Å²) >= 11 is 0. The molecular weight excluding hydrogens is 264 g/mol. The number of carbonyl (C=O) groups is 1. The van der Waals surface area contributed by atoms with Crippen molar-refractivity contribution in [2.75, 3.05) is 13.1 Å². The Labute approximate surface area is 126 Å². The van der Waals surface area contributed by atoms with Crippen LogP contribution in [0.2, 0.25) is 0 Å². The fraction of sp³-hybridized carbons (Fsp3) is 0.588. The first-order valence-corrected chi connectivity index (χ1v) is 7.81. The summed E-state index contributed by atoms with van der Waals surface area (Å²) < 4.78 is 0. The van der Waals surface area contributed by atoms with Gasteiger partial charge in [0.1, 0.15) is 0 Å². The van der Waals surface area contributed by atoms with Gasteiger partial charge in [-0.15, -0.1) is 0 Å². The number of carbonyl (C=O) groups excluding carboxylic acids is 1. The van der Waals surface area contributed by atoms with E-state index in [1.54, 1.807) is 0 Å². The normalized spacial score (nSPS) is 22.8. The van der Waals surface area contributed by atoms with Gasteiger partial charge in [0.05, 0.1) is 6.10 Å². The molecule has 1 aliphatic rings. The zero-order chi connectivity index (χ0) is 15.2. The van der Waals surface area contributed by atoms with Gasteiger partial charge in [0.15, 0.2) is 0 Å². The molecule has 1 saturated carbocycles. The highest BCUT2D eigenvalue weighted by Gasteiger charge is 2.22. The molecule has 1 fully saturated rings. The first-order chi connectivity index (χ1) is 10.0. The molecule has 116 valence electrons. The van der Waals surface area contributed by atoms with E-state index >= 15 is 0 Å². The van der Waals surface area contributed by atoms with Crippen LogP contribution in [0.25, 0.3) is 0 Å². The minimum absolute atomic E-state index is 0.115. The van der Waals surface area contributed by atoms with Gasteiger partial charge in [0.25, 0.3) is 0 Å². The Bertz CT molecular complexity index is 476. The Hall–Kier alpha value is -1.55. The Kier molecular flexibility index (Phi) is 5.62. The number of aryl methyl sites for hydroxylation is 1. The third-order valence-corrected chi connectivity index (χ3v) is 4.24. The average molecular weight is 290 g/mol. The van der Waals surface area contributed by atoms with Crippen molar-refractivity contribution >= 4 is 6.03 Å². The molecule has 3 N–H and O–H groups in total. The standard InChI is InChI=1S/C17H26N2O2/c1-12-4-3-5-15(8-12)13(2)10-18-17(21)19-11-14-6-7-16(20)9-14/h3-5,8,13-14,16,20H,6-7,9-11H2,1-2H3,(H2,18,19,21). The van der Waals surface area contributed by atoms with Crippen LogP contribution in [0, 0.1) is 12.8 Å². The van der Waals surface area contributed by atoms with Crippen LogP contribution in [-0.4, -0.2) is 30.3 Å². The Balaban J connectivity index is 1.68. The van der Waals surface area contributed by atoms with Crippen LogP contribution in [-0.2, 0) is 0 Å². The van der Waals surface area contributed by atoms with Gasteiger partial charge in [-0.05, 0) is 43.6 Å². The van der Waals surface area contributed by atoms with Gasteiger partial charge in [-0.3, -0.25) is 0 Å². The molecule has 0 aliphatic heterocycles. The zero-order valence-electron chi connectivity index (χ0n) is 12.9. The number of nitrogens with one attached hydrogen (secondary N) is 2.